The summed E-state index contributed by atoms with van der Waals surface area (Å²) in [6, 6.07) is 12.8. The topological polar surface area (TPSA) is 111 Å². The van der Waals surface area contributed by atoms with Crippen LogP contribution in [0.4, 0.5) is 11.5 Å². The number of aromatic carboxylic acids is 1. The Bertz CT molecular complexity index is 1300. The molecule has 2 aromatic carbocycles. The number of nitrogens with zero attached hydrogens (tertiary/aromatic N) is 4. The van der Waals surface area contributed by atoms with Crippen molar-refractivity contribution in [1.82, 2.24) is 9.97 Å². The number of carboxylic acids is 1. The predicted octanol–water partition coefficient (Wildman–Crippen LogP) is 4.05. The van der Waals surface area contributed by atoms with Crippen LogP contribution in [0.3, 0.4) is 0 Å². The zero-order chi connectivity index (χ0) is 23.2. The van der Waals surface area contributed by atoms with Crippen molar-refractivity contribution in [3.05, 3.63) is 58.8 Å². The molecule has 0 saturated carbocycles. The molecule has 3 aromatic rings. The maximum atomic E-state index is 11.6. The summed E-state index contributed by atoms with van der Waals surface area (Å²) in [5, 5.41) is 22.7. The summed E-state index contributed by atoms with van der Waals surface area (Å²) in [5.41, 5.74) is 4.20. The van der Waals surface area contributed by atoms with E-state index in [1.54, 1.807) is 24.3 Å². The molecule has 5 rings (SSSR count). The molecule has 2 aliphatic heterocycles. The number of nitrogens with one attached hydrogen (secondary N) is 1. The van der Waals surface area contributed by atoms with Crippen molar-refractivity contribution < 1.29 is 14.6 Å². The quantitative estimate of drug-likeness (QED) is 0.607. The second-order valence-corrected chi connectivity index (χ2v) is 8.90. The summed E-state index contributed by atoms with van der Waals surface area (Å²) in [6.45, 7) is 6.21. The van der Waals surface area contributed by atoms with Crippen LogP contribution < -0.4 is 10.2 Å². The molecular formula is C25H25N5O3. The normalized spacial score (nSPS) is 20.5. The van der Waals surface area contributed by atoms with Crippen molar-refractivity contribution >= 4 is 28.5 Å². The van der Waals surface area contributed by atoms with E-state index >= 15 is 0 Å². The third kappa shape index (κ3) is 3.74. The number of hydrogen-bond acceptors (Lipinski definition) is 7. The Morgan fingerprint density at radius 1 is 1.30 bits per heavy atom. The molecule has 2 aliphatic rings. The first-order chi connectivity index (χ1) is 15.9. The van der Waals surface area contributed by atoms with Gasteiger partial charge in [-0.1, -0.05) is 18.2 Å². The SMILES string of the molecule is Cc1cc([C@@H](C)Nc2ccccc2C(=O)O)c2nc(N3CCC4(CCO4)C3)c(C#N)nc2c1. The lowest BCUT2D eigenvalue weighted by atomic mass is 9.94. The first kappa shape index (κ1) is 21.2. The van der Waals surface area contributed by atoms with Gasteiger partial charge in [-0.25, -0.2) is 14.8 Å². The number of anilines is 2. The fourth-order valence-electron chi connectivity index (χ4n) is 4.79. The molecule has 8 nitrogen and oxygen atoms in total. The van der Waals surface area contributed by atoms with Crippen molar-refractivity contribution in [3.8, 4) is 6.07 Å². The molecule has 2 fully saturated rings. The first-order valence-corrected chi connectivity index (χ1v) is 11.1. The smallest absolute Gasteiger partial charge is 0.337 e. The minimum absolute atomic E-state index is 0.116. The van der Waals surface area contributed by atoms with Crippen LogP contribution in [-0.4, -0.2) is 46.3 Å². The van der Waals surface area contributed by atoms with Gasteiger partial charge >= 0.3 is 5.97 Å². The highest BCUT2D eigenvalue weighted by molar-refractivity contribution is 5.94. The fraction of sp³-hybridized carbons (Fsp3) is 0.360. The Balaban J connectivity index is 1.56. The van der Waals surface area contributed by atoms with Gasteiger partial charge in [0.15, 0.2) is 11.5 Å². The number of carbonyl (C=O) groups is 1. The fourth-order valence-corrected chi connectivity index (χ4v) is 4.79. The number of fused-ring (bicyclic) bond motifs is 1. The van der Waals surface area contributed by atoms with Crippen LogP contribution in [0.5, 0.6) is 0 Å². The van der Waals surface area contributed by atoms with Crippen LogP contribution in [0.25, 0.3) is 11.0 Å². The van der Waals surface area contributed by atoms with Gasteiger partial charge in [-0.2, -0.15) is 5.26 Å². The predicted molar refractivity (Wildman–Crippen MR) is 125 cm³/mol. The number of carboxylic acid groups (broad SMARTS) is 1. The number of hydrogen-bond donors (Lipinski definition) is 2. The number of aryl methyl sites for hydroxylation is 1. The van der Waals surface area contributed by atoms with Gasteiger partial charge in [0.2, 0.25) is 0 Å². The van der Waals surface area contributed by atoms with Crippen molar-refractivity contribution in [2.45, 2.75) is 38.3 Å². The van der Waals surface area contributed by atoms with Crippen molar-refractivity contribution in [3.63, 3.8) is 0 Å². The molecule has 0 aliphatic carbocycles. The van der Waals surface area contributed by atoms with Gasteiger partial charge in [0.05, 0.1) is 34.8 Å². The highest BCUT2D eigenvalue weighted by atomic mass is 16.5. The molecule has 0 bridgehead atoms. The molecule has 33 heavy (non-hydrogen) atoms. The van der Waals surface area contributed by atoms with Crippen LogP contribution in [0, 0.1) is 18.3 Å². The zero-order valence-corrected chi connectivity index (χ0v) is 18.6. The molecule has 0 radical (unpaired) electrons. The van der Waals surface area contributed by atoms with Gasteiger partial charge in [0.1, 0.15) is 6.07 Å². The summed E-state index contributed by atoms with van der Waals surface area (Å²) in [7, 11) is 0. The molecule has 8 heteroatoms. The summed E-state index contributed by atoms with van der Waals surface area (Å²) in [6.07, 6.45) is 1.95. The summed E-state index contributed by atoms with van der Waals surface area (Å²) < 4.78 is 5.84. The molecule has 0 amide bonds. The highest BCUT2D eigenvalue weighted by Crippen LogP contribution is 2.39. The number of rotatable bonds is 5. The molecule has 1 spiro atoms. The van der Waals surface area contributed by atoms with Gasteiger partial charge in [-0.15, -0.1) is 0 Å². The third-order valence-corrected chi connectivity index (χ3v) is 6.61. The molecular weight excluding hydrogens is 418 g/mol. The molecule has 168 valence electrons. The van der Waals surface area contributed by atoms with E-state index in [1.807, 2.05) is 26.0 Å². The Hall–Kier alpha value is -3.70. The Labute approximate surface area is 191 Å². The average molecular weight is 444 g/mol. The van der Waals surface area contributed by atoms with E-state index in [4.69, 9.17) is 9.72 Å². The Kier molecular flexibility index (Phi) is 5.14. The lowest BCUT2D eigenvalue weighted by Crippen LogP contribution is -2.46. The Morgan fingerprint density at radius 2 is 2.09 bits per heavy atom. The van der Waals surface area contributed by atoms with Crippen molar-refractivity contribution in [2.75, 3.05) is 29.9 Å². The van der Waals surface area contributed by atoms with Gasteiger partial charge in [-0.3, -0.25) is 0 Å². The van der Waals surface area contributed by atoms with E-state index in [9.17, 15) is 15.2 Å². The lowest BCUT2D eigenvalue weighted by Gasteiger charge is -2.38. The van der Waals surface area contributed by atoms with Crippen LogP contribution in [0.15, 0.2) is 36.4 Å². The number of nitriles is 1. The van der Waals surface area contributed by atoms with Crippen LogP contribution in [0.2, 0.25) is 0 Å². The van der Waals surface area contributed by atoms with E-state index in [1.165, 1.54) is 0 Å². The number of benzene rings is 2. The van der Waals surface area contributed by atoms with E-state index in [2.05, 4.69) is 21.3 Å². The lowest BCUT2D eigenvalue weighted by molar-refractivity contribution is -0.130. The Morgan fingerprint density at radius 3 is 2.76 bits per heavy atom. The minimum atomic E-state index is -0.985. The summed E-state index contributed by atoms with van der Waals surface area (Å²) >= 11 is 0. The monoisotopic (exact) mass is 443 g/mol. The largest absolute Gasteiger partial charge is 0.478 e. The van der Waals surface area contributed by atoms with E-state index in [-0.39, 0.29) is 17.2 Å². The maximum absolute atomic E-state index is 11.6. The molecule has 1 aromatic heterocycles. The van der Waals surface area contributed by atoms with Crippen LogP contribution in [0.1, 0.15) is 53.0 Å². The molecule has 2 atom stereocenters. The minimum Gasteiger partial charge on any atom is -0.478 e. The number of aromatic nitrogens is 2. The second-order valence-electron chi connectivity index (χ2n) is 8.90. The molecule has 2 saturated heterocycles. The van der Waals surface area contributed by atoms with Crippen molar-refractivity contribution in [2.24, 2.45) is 0 Å². The highest BCUT2D eigenvalue weighted by Gasteiger charge is 2.45. The standard InChI is InChI=1S/C25H25N5O3/c1-15-11-18(16(2)27-19-6-4-3-5-17(19)24(31)32)22-20(12-15)28-21(13-26)23(29-22)30-9-7-25(14-30)8-10-33-25/h3-6,11-12,16,27H,7-10,14H2,1-2H3,(H,31,32)/t16-,25?/m1/s1. The van der Waals surface area contributed by atoms with Crippen LogP contribution >= 0.6 is 0 Å². The van der Waals surface area contributed by atoms with E-state index in [0.717, 1.165) is 37.1 Å². The van der Waals surface area contributed by atoms with Crippen LogP contribution in [-0.2, 0) is 4.74 Å². The molecule has 2 N–H and O–H groups in total. The summed E-state index contributed by atoms with van der Waals surface area (Å²) in [4.78, 5) is 23.3. The molecule has 1 unspecified atom stereocenters. The van der Waals surface area contributed by atoms with Gasteiger partial charge in [-0.05, 0) is 44.0 Å². The first-order valence-electron chi connectivity index (χ1n) is 11.1. The average Bonchev–Trinajstić information content (AvgIpc) is 3.24. The van der Waals surface area contributed by atoms with Gasteiger partial charge in [0.25, 0.3) is 0 Å². The van der Waals surface area contributed by atoms with Gasteiger partial charge in [0, 0.05) is 30.8 Å². The second kappa shape index (κ2) is 8.01. The zero-order valence-electron chi connectivity index (χ0n) is 18.6. The maximum Gasteiger partial charge on any atom is 0.337 e. The summed E-state index contributed by atoms with van der Waals surface area (Å²) in [5.74, 6) is -0.401. The number of ether oxygens (including phenoxy) is 1. The van der Waals surface area contributed by atoms with E-state index < -0.39 is 5.97 Å². The third-order valence-electron chi connectivity index (χ3n) is 6.61. The van der Waals surface area contributed by atoms with E-state index in [0.29, 0.717) is 34.8 Å². The molecule has 3 heterocycles. The van der Waals surface area contributed by atoms with Crippen molar-refractivity contribution in [1.29, 1.82) is 5.26 Å². The number of para-hydroxylation sites is 1. The van der Waals surface area contributed by atoms with Gasteiger partial charge < -0.3 is 20.1 Å².